The van der Waals surface area contributed by atoms with Gasteiger partial charge >= 0.3 is 0 Å². The summed E-state index contributed by atoms with van der Waals surface area (Å²) in [7, 11) is 0. The Balaban J connectivity index is 1.60. The number of rotatable bonds is 4. The molecule has 0 radical (unpaired) electrons. The molecule has 9 N–H and O–H groups in total. The molecule has 4 aromatic carbocycles. The second kappa shape index (κ2) is 11.3. The lowest BCUT2D eigenvalue weighted by Gasteiger charge is -2.33. The van der Waals surface area contributed by atoms with Crippen LogP contribution >= 0.6 is 0 Å². The molecule has 0 atom stereocenters. The van der Waals surface area contributed by atoms with E-state index in [1.807, 2.05) is 27.7 Å². The molecule has 0 amide bonds. The Morgan fingerprint density at radius 2 is 1.31 bits per heavy atom. The topological polar surface area (TPSA) is 185 Å². The Morgan fingerprint density at radius 3 is 1.98 bits per heavy atom. The SMILES string of the molecule is C=C/C=C1\C(=C(O)O)c2c(N(c3cc(O)c4c(c3)C(C)(C)C3=CCCC=C34)c3c(O)c(O)cc4c3-c3cc(O)ccc3C4(C)C)c(O)c(O)c(O)c2C1(C)C. The maximum Gasteiger partial charge on any atom is 0.282 e. The van der Waals surface area contributed by atoms with E-state index in [1.54, 1.807) is 32.0 Å². The highest BCUT2D eigenvalue weighted by atomic mass is 16.5. The second-order valence-electron chi connectivity index (χ2n) is 16.3. The van der Waals surface area contributed by atoms with E-state index in [-0.39, 0.29) is 50.8 Å². The Bertz CT molecular complexity index is 2580. The molecule has 10 nitrogen and oxygen atoms in total. The van der Waals surface area contributed by atoms with Crippen molar-refractivity contribution in [3.8, 4) is 51.4 Å². The van der Waals surface area contributed by atoms with E-state index in [2.05, 4.69) is 18.7 Å². The fraction of sp³-hybridized carbons (Fsp3) is 0.244. The van der Waals surface area contributed by atoms with E-state index < -0.39 is 50.9 Å². The van der Waals surface area contributed by atoms with E-state index in [4.69, 9.17) is 0 Å². The average Bonchev–Trinajstić information content (AvgIpc) is 3.59. The zero-order chi connectivity index (χ0) is 39.8. The molecular formula is C45H43NO9. The van der Waals surface area contributed by atoms with Crippen LogP contribution in [0.2, 0.25) is 0 Å². The number of nitrogens with zero attached hydrogens (tertiary/aromatic N) is 1. The number of fused-ring (bicyclic) bond motifs is 7. The Hall–Kier alpha value is -6.42. The van der Waals surface area contributed by atoms with E-state index in [0.717, 1.165) is 29.6 Å². The van der Waals surface area contributed by atoms with Crippen LogP contribution in [0.5, 0.6) is 40.2 Å². The van der Waals surface area contributed by atoms with Crippen molar-refractivity contribution in [2.24, 2.45) is 0 Å². The van der Waals surface area contributed by atoms with Crippen LogP contribution in [0.15, 0.2) is 84.4 Å². The summed E-state index contributed by atoms with van der Waals surface area (Å²) in [5.41, 5.74) is 2.49. The number of anilines is 3. The third-order valence-electron chi connectivity index (χ3n) is 12.2. The molecule has 0 saturated carbocycles. The van der Waals surface area contributed by atoms with Crippen molar-refractivity contribution in [3.05, 3.63) is 118 Å². The molecule has 0 spiro atoms. The minimum absolute atomic E-state index is 0.0215. The molecule has 0 fully saturated rings. The largest absolute Gasteiger partial charge is 0.508 e. The number of phenolic OH excluding ortho intramolecular Hbond substituents is 7. The molecule has 0 aromatic heterocycles. The number of hydrogen-bond donors (Lipinski definition) is 9. The first-order valence-electron chi connectivity index (χ1n) is 18.1. The summed E-state index contributed by atoms with van der Waals surface area (Å²) in [6, 6.07) is 9.51. The van der Waals surface area contributed by atoms with Crippen molar-refractivity contribution >= 4 is 28.2 Å². The summed E-state index contributed by atoms with van der Waals surface area (Å²) in [4.78, 5) is 1.35. The van der Waals surface area contributed by atoms with Crippen molar-refractivity contribution in [2.45, 2.75) is 70.6 Å². The summed E-state index contributed by atoms with van der Waals surface area (Å²) in [6.07, 6.45) is 8.82. The van der Waals surface area contributed by atoms with Gasteiger partial charge in [-0.3, -0.25) is 0 Å². The van der Waals surface area contributed by atoms with Gasteiger partial charge in [0.1, 0.15) is 22.9 Å². The monoisotopic (exact) mass is 741 g/mol. The molecule has 282 valence electrons. The summed E-state index contributed by atoms with van der Waals surface area (Å²) in [5, 5.41) is 104. The molecule has 10 heteroatoms. The molecule has 0 saturated heterocycles. The number of aliphatic hydroxyl groups excluding tert-OH is 1. The number of hydrogen-bond acceptors (Lipinski definition) is 10. The zero-order valence-corrected chi connectivity index (χ0v) is 31.4. The third kappa shape index (κ3) is 4.48. The van der Waals surface area contributed by atoms with Gasteiger partial charge in [-0.2, -0.15) is 0 Å². The first kappa shape index (κ1) is 35.6. The third-order valence-corrected chi connectivity index (χ3v) is 12.2. The van der Waals surface area contributed by atoms with Crippen LogP contribution in [0.25, 0.3) is 22.3 Å². The summed E-state index contributed by atoms with van der Waals surface area (Å²) in [6.45, 7) is 15.1. The number of benzene rings is 4. The van der Waals surface area contributed by atoms with E-state index in [9.17, 15) is 46.0 Å². The highest BCUT2D eigenvalue weighted by molar-refractivity contribution is 6.07. The van der Waals surface area contributed by atoms with Crippen LogP contribution < -0.4 is 4.90 Å². The lowest BCUT2D eigenvalue weighted by Crippen LogP contribution is -2.19. The molecule has 55 heavy (non-hydrogen) atoms. The van der Waals surface area contributed by atoms with Crippen molar-refractivity contribution in [3.63, 3.8) is 0 Å². The second-order valence-corrected chi connectivity index (χ2v) is 16.3. The van der Waals surface area contributed by atoms with Crippen LogP contribution in [0, 0.1) is 0 Å². The van der Waals surface area contributed by atoms with Crippen molar-refractivity contribution in [2.75, 3.05) is 4.90 Å². The van der Waals surface area contributed by atoms with Gasteiger partial charge in [0.15, 0.2) is 23.0 Å². The Morgan fingerprint density at radius 1 is 0.655 bits per heavy atom. The molecule has 0 heterocycles. The van der Waals surface area contributed by atoms with Crippen LogP contribution in [-0.2, 0) is 16.2 Å². The van der Waals surface area contributed by atoms with Gasteiger partial charge < -0.3 is 50.9 Å². The first-order chi connectivity index (χ1) is 25.8. The predicted molar refractivity (Wildman–Crippen MR) is 212 cm³/mol. The van der Waals surface area contributed by atoms with Gasteiger partial charge in [-0.05, 0) is 76.1 Å². The smallest absolute Gasteiger partial charge is 0.282 e. The van der Waals surface area contributed by atoms with Gasteiger partial charge in [-0.1, -0.05) is 78.5 Å². The molecule has 4 aliphatic carbocycles. The molecule has 0 aliphatic heterocycles. The first-order valence-corrected chi connectivity index (χ1v) is 18.1. The predicted octanol–water partition coefficient (Wildman–Crippen LogP) is 9.98. The Kier molecular flexibility index (Phi) is 7.31. The lowest BCUT2D eigenvalue weighted by molar-refractivity contribution is 0.194. The zero-order valence-electron chi connectivity index (χ0n) is 31.4. The van der Waals surface area contributed by atoms with Crippen molar-refractivity contribution < 1.29 is 46.0 Å². The van der Waals surface area contributed by atoms with Gasteiger partial charge in [-0.25, -0.2) is 0 Å². The number of phenols is 7. The normalized spacial score (nSPS) is 18.5. The number of allylic oxidation sites excluding steroid dienone is 8. The molecule has 8 rings (SSSR count). The van der Waals surface area contributed by atoms with Crippen LogP contribution in [0.3, 0.4) is 0 Å². The van der Waals surface area contributed by atoms with Crippen LogP contribution in [0.1, 0.15) is 87.8 Å². The van der Waals surface area contributed by atoms with E-state index >= 15 is 0 Å². The van der Waals surface area contributed by atoms with Gasteiger partial charge in [-0.15, -0.1) is 0 Å². The van der Waals surface area contributed by atoms with Gasteiger partial charge in [0.25, 0.3) is 5.95 Å². The molecule has 0 unspecified atom stereocenters. The molecule has 0 bridgehead atoms. The maximum absolute atomic E-state index is 12.2. The van der Waals surface area contributed by atoms with Gasteiger partial charge in [0, 0.05) is 44.6 Å². The minimum atomic E-state index is -1.23. The average molecular weight is 742 g/mol. The van der Waals surface area contributed by atoms with Crippen molar-refractivity contribution in [1.29, 1.82) is 0 Å². The summed E-state index contributed by atoms with van der Waals surface area (Å²) >= 11 is 0. The fourth-order valence-corrected chi connectivity index (χ4v) is 9.58. The highest BCUT2D eigenvalue weighted by Gasteiger charge is 2.50. The van der Waals surface area contributed by atoms with Crippen LogP contribution in [0.4, 0.5) is 17.1 Å². The standard InChI is InChI=1S/C45H43NO9/c1-8-11-26-33(42(54)55)34-35(45(26,6)7)39(51)41(53)40(52)37(34)46(20-16-27-31(29(48)17-20)22-12-9-10-13-24(22)43(27,2)3)36-32-23-18-21(47)14-15-25(23)44(4,5)28(32)19-30(49)38(36)50/h8,11-19,47-55H,1,9-10H2,2-7H3/b26-11+. The van der Waals surface area contributed by atoms with E-state index in [0.29, 0.717) is 27.8 Å². The minimum Gasteiger partial charge on any atom is -0.508 e. The quantitative estimate of drug-likeness (QED) is 0.0720. The van der Waals surface area contributed by atoms with Crippen molar-refractivity contribution in [1.82, 2.24) is 0 Å². The number of aromatic hydroxyl groups is 7. The van der Waals surface area contributed by atoms with E-state index in [1.165, 1.54) is 35.3 Å². The fourth-order valence-electron chi connectivity index (χ4n) is 9.58. The highest BCUT2D eigenvalue weighted by Crippen LogP contribution is 2.67. The van der Waals surface area contributed by atoms with Crippen LogP contribution in [-0.4, -0.2) is 46.0 Å². The number of aliphatic hydroxyl groups is 2. The maximum atomic E-state index is 12.2. The lowest BCUT2D eigenvalue weighted by atomic mass is 9.80. The summed E-state index contributed by atoms with van der Waals surface area (Å²) in [5.74, 6) is -5.06. The Labute approximate surface area is 318 Å². The molecule has 4 aromatic rings. The molecular weight excluding hydrogens is 698 g/mol. The molecule has 4 aliphatic rings. The van der Waals surface area contributed by atoms with Gasteiger partial charge in [0.2, 0.25) is 5.75 Å². The van der Waals surface area contributed by atoms with Gasteiger partial charge in [0.05, 0.1) is 11.3 Å². The summed E-state index contributed by atoms with van der Waals surface area (Å²) < 4.78 is 0.